The Kier molecular flexibility index (Phi) is 4.98. The van der Waals surface area contributed by atoms with E-state index < -0.39 is 0 Å². The van der Waals surface area contributed by atoms with Crippen LogP contribution in [0.3, 0.4) is 0 Å². The maximum Gasteiger partial charge on any atom is 0.324 e. The molecule has 112 valence electrons. The summed E-state index contributed by atoms with van der Waals surface area (Å²) in [5.74, 6) is 1.55. The number of anilines is 1. The van der Waals surface area contributed by atoms with Crippen molar-refractivity contribution >= 4 is 5.95 Å². The molecule has 0 saturated heterocycles. The molecule has 6 nitrogen and oxygen atoms in total. The Labute approximate surface area is 120 Å². The average Bonchev–Trinajstić information content (AvgIpc) is 2.40. The predicted octanol–water partition coefficient (Wildman–Crippen LogP) is 2.45. The van der Waals surface area contributed by atoms with E-state index in [1.54, 1.807) is 0 Å². The number of nitrogens with zero attached hydrogens (tertiary/aromatic N) is 3. The molecule has 0 aliphatic heterocycles. The lowest BCUT2D eigenvalue weighted by Gasteiger charge is -2.31. The fraction of sp³-hybridized carbons (Fsp3) is 0.786. The van der Waals surface area contributed by atoms with E-state index in [0.717, 1.165) is 25.2 Å². The molecule has 0 radical (unpaired) electrons. The SMILES string of the molecule is CCCOc1nc(N)nc(OC2CCC(C)C(C)C2)n1. The highest BCUT2D eigenvalue weighted by Crippen LogP contribution is 2.31. The first-order valence-electron chi connectivity index (χ1n) is 7.39. The van der Waals surface area contributed by atoms with E-state index in [2.05, 4.69) is 28.8 Å². The summed E-state index contributed by atoms with van der Waals surface area (Å²) in [6, 6.07) is 0.516. The number of nitrogen functional groups attached to an aromatic ring is 1. The summed E-state index contributed by atoms with van der Waals surface area (Å²) in [6.45, 7) is 7.13. The second kappa shape index (κ2) is 6.72. The molecule has 0 spiro atoms. The summed E-state index contributed by atoms with van der Waals surface area (Å²) in [6.07, 6.45) is 4.27. The van der Waals surface area contributed by atoms with Crippen molar-refractivity contribution in [3.8, 4) is 12.0 Å². The van der Waals surface area contributed by atoms with Crippen molar-refractivity contribution in [3.05, 3.63) is 0 Å². The standard InChI is InChI=1S/C14H24N4O2/c1-4-7-19-13-16-12(15)17-14(18-13)20-11-6-5-9(2)10(3)8-11/h9-11H,4-8H2,1-3H3,(H2,15,16,17,18). The highest BCUT2D eigenvalue weighted by Gasteiger charge is 2.26. The highest BCUT2D eigenvalue weighted by atomic mass is 16.5. The van der Waals surface area contributed by atoms with Crippen molar-refractivity contribution in [1.82, 2.24) is 15.0 Å². The lowest BCUT2D eigenvalue weighted by atomic mass is 9.80. The van der Waals surface area contributed by atoms with Crippen LogP contribution < -0.4 is 15.2 Å². The molecule has 20 heavy (non-hydrogen) atoms. The number of aromatic nitrogens is 3. The minimum absolute atomic E-state index is 0.137. The van der Waals surface area contributed by atoms with Crippen LogP contribution in [0.25, 0.3) is 0 Å². The van der Waals surface area contributed by atoms with Gasteiger partial charge in [0.25, 0.3) is 0 Å². The van der Waals surface area contributed by atoms with Crippen molar-refractivity contribution in [1.29, 1.82) is 0 Å². The van der Waals surface area contributed by atoms with Crippen LogP contribution in [0.5, 0.6) is 12.0 Å². The Bertz CT molecular complexity index is 441. The molecule has 2 rings (SSSR count). The molecule has 0 amide bonds. The lowest BCUT2D eigenvalue weighted by Crippen LogP contribution is -2.29. The minimum Gasteiger partial charge on any atom is -0.463 e. The summed E-state index contributed by atoms with van der Waals surface area (Å²) in [5, 5.41) is 0. The minimum atomic E-state index is 0.137. The van der Waals surface area contributed by atoms with Crippen LogP contribution in [0.2, 0.25) is 0 Å². The van der Waals surface area contributed by atoms with Gasteiger partial charge in [-0.2, -0.15) is 9.97 Å². The van der Waals surface area contributed by atoms with Crippen LogP contribution >= 0.6 is 0 Å². The van der Waals surface area contributed by atoms with Crippen LogP contribution in [0.1, 0.15) is 46.5 Å². The molecule has 3 unspecified atom stereocenters. The quantitative estimate of drug-likeness (QED) is 0.892. The van der Waals surface area contributed by atoms with Crippen LogP contribution in [-0.4, -0.2) is 27.7 Å². The summed E-state index contributed by atoms with van der Waals surface area (Å²) >= 11 is 0. The van der Waals surface area contributed by atoms with E-state index in [9.17, 15) is 0 Å². The normalized spacial score (nSPS) is 26.2. The Balaban J connectivity index is 1.99. The number of rotatable bonds is 5. The number of ether oxygens (including phenoxy) is 2. The molecule has 1 aromatic heterocycles. The third-order valence-electron chi connectivity index (χ3n) is 3.87. The Morgan fingerprint density at radius 1 is 1.10 bits per heavy atom. The van der Waals surface area contributed by atoms with Crippen LogP contribution in [0.4, 0.5) is 5.95 Å². The molecule has 2 N–H and O–H groups in total. The summed E-state index contributed by atoms with van der Waals surface area (Å²) < 4.78 is 11.2. The molecule has 3 atom stereocenters. The molecular weight excluding hydrogens is 256 g/mol. The van der Waals surface area contributed by atoms with Gasteiger partial charge in [0.1, 0.15) is 6.10 Å². The Morgan fingerprint density at radius 3 is 2.55 bits per heavy atom. The molecule has 1 saturated carbocycles. The molecule has 1 aliphatic rings. The van der Waals surface area contributed by atoms with E-state index >= 15 is 0 Å². The number of nitrogens with two attached hydrogens (primary N) is 1. The maximum absolute atomic E-state index is 5.85. The van der Waals surface area contributed by atoms with Gasteiger partial charge < -0.3 is 15.2 Å². The van der Waals surface area contributed by atoms with Gasteiger partial charge in [-0.05, 0) is 37.5 Å². The van der Waals surface area contributed by atoms with E-state index in [1.807, 2.05) is 6.92 Å². The van der Waals surface area contributed by atoms with Crippen molar-refractivity contribution < 1.29 is 9.47 Å². The third-order valence-corrected chi connectivity index (χ3v) is 3.87. The first-order valence-corrected chi connectivity index (χ1v) is 7.39. The lowest BCUT2D eigenvalue weighted by molar-refractivity contribution is 0.0906. The fourth-order valence-corrected chi connectivity index (χ4v) is 2.42. The topological polar surface area (TPSA) is 83.2 Å². The van der Waals surface area contributed by atoms with Crippen molar-refractivity contribution in [2.24, 2.45) is 11.8 Å². The maximum atomic E-state index is 5.85. The molecular formula is C14H24N4O2. The molecule has 1 aliphatic carbocycles. The second-order valence-electron chi connectivity index (χ2n) is 5.61. The predicted molar refractivity (Wildman–Crippen MR) is 76.6 cm³/mol. The van der Waals surface area contributed by atoms with Gasteiger partial charge in [-0.15, -0.1) is 4.98 Å². The van der Waals surface area contributed by atoms with Crippen molar-refractivity contribution in [3.63, 3.8) is 0 Å². The van der Waals surface area contributed by atoms with E-state index in [-0.39, 0.29) is 24.1 Å². The molecule has 0 aromatic carbocycles. The van der Waals surface area contributed by atoms with Crippen molar-refractivity contribution in [2.75, 3.05) is 12.3 Å². The van der Waals surface area contributed by atoms with E-state index in [1.165, 1.54) is 6.42 Å². The largest absolute Gasteiger partial charge is 0.463 e. The van der Waals surface area contributed by atoms with Gasteiger partial charge in [0, 0.05) is 0 Å². The van der Waals surface area contributed by atoms with Crippen LogP contribution in [-0.2, 0) is 0 Å². The molecule has 1 heterocycles. The first-order chi connectivity index (χ1) is 9.58. The monoisotopic (exact) mass is 280 g/mol. The van der Waals surface area contributed by atoms with Gasteiger partial charge in [-0.25, -0.2) is 0 Å². The molecule has 1 aromatic rings. The number of hydrogen-bond acceptors (Lipinski definition) is 6. The Hall–Kier alpha value is -1.59. The zero-order chi connectivity index (χ0) is 14.5. The van der Waals surface area contributed by atoms with Gasteiger partial charge in [0.05, 0.1) is 6.61 Å². The first kappa shape index (κ1) is 14.8. The summed E-state index contributed by atoms with van der Waals surface area (Å²) in [4.78, 5) is 12.1. The Morgan fingerprint density at radius 2 is 1.85 bits per heavy atom. The third kappa shape index (κ3) is 3.95. The smallest absolute Gasteiger partial charge is 0.324 e. The summed E-state index contributed by atoms with van der Waals surface area (Å²) in [7, 11) is 0. The molecule has 0 bridgehead atoms. The van der Waals surface area contributed by atoms with Gasteiger partial charge in [0.2, 0.25) is 5.95 Å². The van der Waals surface area contributed by atoms with Crippen molar-refractivity contribution in [2.45, 2.75) is 52.6 Å². The summed E-state index contributed by atoms with van der Waals surface area (Å²) in [5.41, 5.74) is 5.66. The average molecular weight is 280 g/mol. The molecule has 1 fully saturated rings. The van der Waals surface area contributed by atoms with Crippen LogP contribution in [0, 0.1) is 11.8 Å². The number of hydrogen-bond donors (Lipinski definition) is 1. The zero-order valence-electron chi connectivity index (χ0n) is 12.5. The van der Waals surface area contributed by atoms with Gasteiger partial charge in [-0.3, -0.25) is 0 Å². The van der Waals surface area contributed by atoms with Gasteiger partial charge >= 0.3 is 12.0 Å². The van der Waals surface area contributed by atoms with E-state index in [0.29, 0.717) is 12.5 Å². The zero-order valence-corrected chi connectivity index (χ0v) is 12.5. The highest BCUT2D eigenvalue weighted by molar-refractivity contribution is 5.20. The van der Waals surface area contributed by atoms with Gasteiger partial charge in [-0.1, -0.05) is 20.8 Å². The van der Waals surface area contributed by atoms with E-state index in [4.69, 9.17) is 15.2 Å². The molecule has 6 heteroatoms. The van der Waals surface area contributed by atoms with Crippen LogP contribution in [0.15, 0.2) is 0 Å². The second-order valence-corrected chi connectivity index (χ2v) is 5.61. The fourth-order valence-electron chi connectivity index (χ4n) is 2.42. The van der Waals surface area contributed by atoms with Gasteiger partial charge in [0.15, 0.2) is 0 Å².